The normalized spacial score (nSPS) is 9.09. The fourth-order valence-corrected chi connectivity index (χ4v) is 1.08. The SMILES string of the molecule is O=CCC(=O)Nc1nccs1. The molecule has 1 heterocycles. The predicted octanol–water partition coefficient (Wildman–Crippen LogP) is 0.671. The summed E-state index contributed by atoms with van der Waals surface area (Å²) in [5.41, 5.74) is 0. The standard InChI is InChI=1S/C6H6N2O2S/c9-3-1-5(10)8-6-7-2-4-11-6/h2-4H,1H2,(H,7,8,10). The number of amides is 1. The number of aromatic nitrogens is 1. The minimum Gasteiger partial charge on any atom is -0.303 e. The molecule has 0 radical (unpaired) electrons. The van der Waals surface area contributed by atoms with Crippen LogP contribution in [0.5, 0.6) is 0 Å². The minimum atomic E-state index is -0.324. The first-order chi connectivity index (χ1) is 5.33. The summed E-state index contributed by atoms with van der Waals surface area (Å²) in [6.07, 6.45) is 2.03. The Hall–Kier alpha value is -1.23. The minimum absolute atomic E-state index is 0.112. The lowest BCUT2D eigenvalue weighted by atomic mass is 10.4. The summed E-state index contributed by atoms with van der Waals surface area (Å²) in [7, 11) is 0. The van der Waals surface area contributed by atoms with Crippen molar-refractivity contribution in [1.29, 1.82) is 0 Å². The average Bonchev–Trinajstić information content (AvgIpc) is 2.40. The van der Waals surface area contributed by atoms with Crippen molar-refractivity contribution in [3.63, 3.8) is 0 Å². The van der Waals surface area contributed by atoms with Gasteiger partial charge in [0.25, 0.3) is 0 Å². The van der Waals surface area contributed by atoms with Gasteiger partial charge in [-0.25, -0.2) is 4.98 Å². The first kappa shape index (κ1) is 7.87. The van der Waals surface area contributed by atoms with Crippen molar-refractivity contribution in [3.8, 4) is 0 Å². The number of hydrogen-bond donors (Lipinski definition) is 1. The number of thiazole rings is 1. The topological polar surface area (TPSA) is 59.1 Å². The Kier molecular flexibility index (Phi) is 2.74. The lowest BCUT2D eigenvalue weighted by molar-refractivity contribution is -0.119. The van der Waals surface area contributed by atoms with Gasteiger partial charge >= 0.3 is 0 Å². The zero-order valence-electron chi connectivity index (χ0n) is 5.61. The first-order valence-electron chi connectivity index (χ1n) is 2.96. The van der Waals surface area contributed by atoms with Gasteiger partial charge in [-0.05, 0) is 0 Å². The molecule has 0 saturated carbocycles. The summed E-state index contributed by atoms with van der Waals surface area (Å²) in [5, 5.41) is 4.73. The summed E-state index contributed by atoms with van der Waals surface area (Å²) in [6, 6.07) is 0. The van der Waals surface area contributed by atoms with E-state index in [1.165, 1.54) is 11.3 Å². The molecule has 0 unspecified atom stereocenters. The van der Waals surface area contributed by atoms with Gasteiger partial charge in [0, 0.05) is 11.6 Å². The van der Waals surface area contributed by atoms with E-state index >= 15 is 0 Å². The molecule has 1 rings (SSSR count). The van der Waals surface area contributed by atoms with Crippen LogP contribution in [0.3, 0.4) is 0 Å². The fourth-order valence-electron chi connectivity index (χ4n) is 0.531. The van der Waals surface area contributed by atoms with E-state index in [4.69, 9.17) is 0 Å². The van der Waals surface area contributed by atoms with Crippen molar-refractivity contribution in [2.45, 2.75) is 6.42 Å². The molecule has 0 saturated heterocycles. The molecule has 4 nitrogen and oxygen atoms in total. The molecule has 0 bridgehead atoms. The molecular weight excluding hydrogens is 164 g/mol. The van der Waals surface area contributed by atoms with Gasteiger partial charge in [-0.3, -0.25) is 4.79 Å². The molecule has 1 N–H and O–H groups in total. The van der Waals surface area contributed by atoms with E-state index in [1.54, 1.807) is 11.6 Å². The zero-order valence-corrected chi connectivity index (χ0v) is 6.43. The van der Waals surface area contributed by atoms with Crippen LogP contribution in [0.25, 0.3) is 0 Å². The Labute approximate surface area is 67.3 Å². The van der Waals surface area contributed by atoms with Crippen LogP contribution in [0, 0.1) is 0 Å². The quantitative estimate of drug-likeness (QED) is 0.535. The largest absolute Gasteiger partial charge is 0.303 e. The number of nitrogens with zero attached hydrogens (tertiary/aromatic N) is 1. The number of hydrogen-bond acceptors (Lipinski definition) is 4. The molecule has 1 aromatic heterocycles. The van der Waals surface area contributed by atoms with Crippen LogP contribution in [0.2, 0.25) is 0 Å². The van der Waals surface area contributed by atoms with Crippen LogP contribution in [0.15, 0.2) is 11.6 Å². The first-order valence-corrected chi connectivity index (χ1v) is 3.84. The highest BCUT2D eigenvalue weighted by Crippen LogP contribution is 2.09. The number of carbonyl (C=O) groups is 2. The Morgan fingerprint density at radius 2 is 2.64 bits per heavy atom. The Morgan fingerprint density at radius 3 is 3.18 bits per heavy atom. The monoisotopic (exact) mass is 170 g/mol. The van der Waals surface area contributed by atoms with E-state index in [9.17, 15) is 9.59 Å². The highest BCUT2D eigenvalue weighted by molar-refractivity contribution is 7.13. The van der Waals surface area contributed by atoms with Crippen molar-refractivity contribution >= 4 is 28.7 Å². The number of rotatable bonds is 3. The van der Waals surface area contributed by atoms with Gasteiger partial charge < -0.3 is 10.1 Å². The molecule has 0 spiro atoms. The number of aldehydes is 1. The van der Waals surface area contributed by atoms with Crippen molar-refractivity contribution < 1.29 is 9.59 Å². The highest BCUT2D eigenvalue weighted by atomic mass is 32.1. The van der Waals surface area contributed by atoms with Gasteiger partial charge in [0.15, 0.2) is 5.13 Å². The van der Waals surface area contributed by atoms with Crippen LogP contribution >= 0.6 is 11.3 Å². The second kappa shape index (κ2) is 3.82. The summed E-state index contributed by atoms with van der Waals surface area (Å²) in [6.45, 7) is 0. The average molecular weight is 170 g/mol. The van der Waals surface area contributed by atoms with Crippen LogP contribution in [-0.2, 0) is 9.59 Å². The number of anilines is 1. The van der Waals surface area contributed by atoms with Crippen LogP contribution in [0.1, 0.15) is 6.42 Å². The Balaban J connectivity index is 2.43. The molecule has 0 aromatic carbocycles. The maximum atomic E-state index is 10.7. The molecular formula is C6H6N2O2S. The van der Waals surface area contributed by atoms with Gasteiger partial charge in [-0.2, -0.15) is 0 Å². The van der Waals surface area contributed by atoms with E-state index < -0.39 is 0 Å². The second-order valence-corrected chi connectivity index (χ2v) is 2.65. The third-order valence-corrected chi connectivity index (χ3v) is 1.64. The van der Waals surface area contributed by atoms with E-state index in [2.05, 4.69) is 10.3 Å². The van der Waals surface area contributed by atoms with Crippen molar-refractivity contribution in [3.05, 3.63) is 11.6 Å². The van der Waals surface area contributed by atoms with E-state index in [1.807, 2.05) is 0 Å². The number of nitrogens with one attached hydrogen (secondary N) is 1. The zero-order chi connectivity index (χ0) is 8.10. The van der Waals surface area contributed by atoms with Gasteiger partial charge in [0.2, 0.25) is 5.91 Å². The molecule has 58 valence electrons. The molecule has 0 atom stereocenters. The third kappa shape index (κ3) is 2.46. The summed E-state index contributed by atoms with van der Waals surface area (Å²) in [5.74, 6) is -0.324. The maximum absolute atomic E-state index is 10.7. The van der Waals surface area contributed by atoms with Gasteiger partial charge in [0.05, 0.1) is 6.42 Å². The molecule has 0 aliphatic rings. The van der Waals surface area contributed by atoms with Crippen molar-refractivity contribution in [2.24, 2.45) is 0 Å². The van der Waals surface area contributed by atoms with Crippen molar-refractivity contribution in [1.82, 2.24) is 4.98 Å². The summed E-state index contributed by atoms with van der Waals surface area (Å²) < 4.78 is 0. The maximum Gasteiger partial charge on any atom is 0.233 e. The van der Waals surface area contributed by atoms with Crippen molar-refractivity contribution in [2.75, 3.05) is 5.32 Å². The summed E-state index contributed by atoms with van der Waals surface area (Å²) in [4.78, 5) is 24.4. The second-order valence-electron chi connectivity index (χ2n) is 1.76. The predicted molar refractivity (Wildman–Crippen MR) is 41.4 cm³/mol. The van der Waals surface area contributed by atoms with Crippen LogP contribution in [0.4, 0.5) is 5.13 Å². The van der Waals surface area contributed by atoms with Crippen LogP contribution < -0.4 is 5.32 Å². The van der Waals surface area contributed by atoms with Gasteiger partial charge in [0.1, 0.15) is 6.29 Å². The fraction of sp³-hybridized carbons (Fsp3) is 0.167. The highest BCUT2D eigenvalue weighted by Gasteiger charge is 2.01. The molecule has 1 amide bonds. The van der Waals surface area contributed by atoms with E-state index in [0.717, 1.165) is 0 Å². The Morgan fingerprint density at radius 1 is 1.82 bits per heavy atom. The van der Waals surface area contributed by atoms with Crippen LogP contribution in [-0.4, -0.2) is 17.2 Å². The number of carbonyl (C=O) groups excluding carboxylic acids is 2. The third-order valence-electron chi connectivity index (χ3n) is 0.947. The molecule has 11 heavy (non-hydrogen) atoms. The molecule has 0 fully saturated rings. The van der Waals surface area contributed by atoms with Gasteiger partial charge in [-0.1, -0.05) is 0 Å². The smallest absolute Gasteiger partial charge is 0.233 e. The van der Waals surface area contributed by atoms with E-state index in [0.29, 0.717) is 11.4 Å². The lowest BCUT2D eigenvalue weighted by Gasteiger charge is -1.94. The molecule has 1 aromatic rings. The molecule has 0 aliphatic heterocycles. The molecule has 0 aliphatic carbocycles. The lowest BCUT2D eigenvalue weighted by Crippen LogP contribution is -2.10. The van der Waals surface area contributed by atoms with E-state index in [-0.39, 0.29) is 12.3 Å². The van der Waals surface area contributed by atoms with Gasteiger partial charge in [-0.15, -0.1) is 11.3 Å². The summed E-state index contributed by atoms with van der Waals surface area (Å²) >= 11 is 1.32. The molecule has 5 heteroatoms. The Bertz CT molecular complexity index is 245.